The molecule has 0 aliphatic heterocycles. The number of rotatable bonds is 6. The van der Waals surface area contributed by atoms with Crippen molar-refractivity contribution in [1.82, 2.24) is 19.9 Å². The molecule has 0 amide bonds. The van der Waals surface area contributed by atoms with E-state index in [0.717, 1.165) is 12.3 Å². The van der Waals surface area contributed by atoms with Gasteiger partial charge in [-0.15, -0.1) is 11.3 Å². The summed E-state index contributed by atoms with van der Waals surface area (Å²) >= 11 is 1.28. The molecule has 8 nitrogen and oxygen atoms in total. The fraction of sp³-hybridized carbons (Fsp3) is 0.435. The highest BCUT2D eigenvalue weighted by Gasteiger charge is 2.40. The first-order chi connectivity index (χ1) is 16.4. The van der Waals surface area contributed by atoms with Gasteiger partial charge in [-0.1, -0.05) is 0 Å². The highest BCUT2D eigenvalue weighted by molar-refractivity contribution is 7.15. The number of carboxylic acids is 1. The minimum Gasteiger partial charge on any atom is -0.481 e. The monoisotopic (exact) mass is 507 g/mol. The van der Waals surface area contributed by atoms with Crippen LogP contribution in [-0.4, -0.2) is 36.1 Å². The molecule has 4 rings (SSSR count). The number of hydrogen-bond acceptors (Lipinski definition) is 8. The van der Waals surface area contributed by atoms with Crippen LogP contribution in [0.4, 0.5) is 24.8 Å². The molecule has 12 heteroatoms. The number of thiazole rings is 1. The van der Waals surface area contributed by atoms with Gasteiger partial charge >= 0.3 is 12.1 Å². The summed E-state index contributed by atoms with van der Waals surface area (Å²) < 4.78 is 38.9. The van der Waals surface area contributed by atoms with Crippen LogP contribution < -0.4 is 5.32 Å². The Balaban J connectivity index is 1.54. The van der Waals surface area contributed by atoms with Gasteiger partial charge in [0, 0.05) is 23.8 Å². The Morgan fingerprint density at radius 3 is 2.51 bits per heavy atom. The fourth-order valence-corrected chi connectivity index (χ4v) is 5.28. The lowest BCUT2D eigenvalue weighted by atomic mass is 9.74. The quantitative estimate of drug-likeness (QED) is 0.418. The Morgan fingerprint density at radius 1 is 1.14 bits per heavy atom. The number of nitrogens with one attached hydrogen (secondary N) is 1. The van der Waals surface area contributed by atoms with E-state index in [2.05, 4.69) is 25.3 Å². The van der Waals surface area contributed by atoms with Gasteiger partial charge in [-0.3, -0.25) is 9.78 Å². The number of alkyl halides is 3. The van der Waals surface area contributed by atoms with E-state index in [1.165, 1.54) is 11.3 Å². The zero-order chi connectivity index (χ0) is 25.4. The Bertz CT molecular complexity index is 1220. The van der Waals surface area contributed by atoms with Crippen LogP contribution in [0.3, 0.4) is 0 Å². The molecule has 3 aromatic heterocycles. The van der Waals surface area contributed by atoms with Gasteiger partial charge in [0.15, 0.2) is 0 Å². The maximum absolute atomic E-state index is 13.0. The highest BCUT2D eigenvalue weighted by atomic mass is 32.1. The molecule has 0 aromatic carbocycles. The van der Waals surface area contributed by atoms with Crippen molar-refractivity contribution in [2.45, 2.75) is 51.3 Å². The lowest BCUT2D eigenvalue weighted by Gasteiger charge is -2.35. The number of carboxylic acid groups (broad SMARTS) is 1. The van der Waals surface area contributed by atoms with Crippen LogP contribution in [0.15, 0.2) is 30.6 Å². The van der Waals surface area contributed by atoms with Crippen LogP contribution >= 0.6 is 11.3 Å². The van der Waals surface area contributed by atoms with Crippen molar-refractivity contribution < 1.29 is 28.2 Å². The van der Waals surface area contributed by atoms with E-state index in [9.17, 15) is 28.2 Å². The molecule has 0 unspecified atom stereocenters. The summed E-state index contributed by atoms with van der Waals surface area (Å²) in [4.78, 5) is 28.2. The molecular weight excluding hydrogens is 483 g/mol. The van der Waals surface area contributed by atoms with Crippen LogP contribution in [-0.2, 0) is 16.6 Å². The van der Waals surface area contributed by atoms with Gasteiger partial charge in [0.2, 0.25) is 5.95 Å². The molecule has 186 valence electrons. The molecular formula is C23H24F3N5O3S. The second kappa shape index (κ2) is 9.50. The summed E-state index contributed by atoms with van der Waals surface area (Å²) in [6.45, 7) is 3.45. The van der Waals surface area contributed by atoms with Crippen LogP contribution in [0, 0.1) is 18.8 Å². The summed E-state index contributed by atoms with van der Waals surface area (Å²) in [5.74, 6) is -1.48. The molecule has 0 bridgehead atoms. The predicted molar refractivity (Wildman–Crippen MR) is 123 cm³/mol. The third kappa shape index (κ3) is 5.59. The van der Waals surface area contributed by atoms with Crippen LogP contribution in [0.5, 0.6) is 0 Å². The van der Waals surface area contributed by atoms with Gasteiger partial charge < -0.3 is 15.5 Å². The molecule has 1 aliphatic rings. The average Bonchev–Trinajstić information content (AvgIpc) is 3.30. The minimum atomic E-state index is -4.58. The first-order valence-corrected chi connectivity index (χ1v) is 11.8. The topological polar surface area (TPSA) is 121 Å². The number of pyridine rings is 1. The summed E-state index contributed by atoms with van der Waals surface area (Å²) in [6.07, 6.45) is 0.264. The molecule has 3 aromatic rings. The lowest BCUT2D eigenvalue weighted by Crippen LogP contribution is -2.35. The molecule has 3 N–H and O–H groups in total. The molecule has 1 saturated carbocycles. The number of aliphatic carboxylic acids is 1. The minimum absolute atomic E-state index is 0.113. The van der Waals surface area contributed by atoms with Gasteiger partial charge in [-0.25, -0.2) is 15.0 Å². The highest BCUT2D eigenvalue weighted by Crippen LogP contribution is 2.43. The third-order valence-corrected chi connectivity index (χ3v) is 7.46. The van der Waals surface area contributed by atoms with E-state index >= 15 is 0 Å². The summed E-state index contributed by atoms with van der Waals surface area (Å²) in [5.41, 5.74) is -0.657. The molecule has 0 spiro atoms. The summed E-state index contributed by atoms with van der Waals surface area (Å²) in [6, 6.07) is 4.11. The van der Waals surface area contributed by atoms with Gasteiger partial charge in [0.1, 0.15) is 16.3 Å². The standard InChI is InChI=1S/C23H24F3N5O3S/c1-12-9-15(30-21-27-8-7-18(31-21)23(24,25)26)10-16(29-12)17-11-28-20(35-17)22(2,34)14-5-3-13(4-6-14)19(32)33/h7-11,13-14,34H,3-6H2,1-2H3,(H,32,33)(H,27,29,30,31)/t13-,14-,22-/m1/s1. The zero-order valence-corrected chi connectivity index (χ0v) is 19.8. The van der Waals surface area contributed by atoms with Gasteiger partial charge in [-0.2, -0.15) is 13.2 Å². The van der Waals surface area contributed by atoms with E-state index in [-0.39, 0.29) is 17.8 Å². The number of hydrogen-bond donors (Lipinski definition) is 3. The molecule has 3 heterocycles. The fourth-order valence-electron chi connectivity index (χ4n) is 4.28. The van der Waals surface area contributed by atoms with Crippen molar-refractivity contribution in [3.8, 4) is 10.6 Å². The first-order valence-electron chi connectivity index (χ1n) is 11.0. The molecule has 0 radical (unpaired) electrons. The number of halogens is 3. The third-order valence-electron chi connectivity index (χ3n) is 6.22. The Kier molecular flexibility index (Phi) is 6.78. The smallest absolute Gasteiger partial charge is 0.433 e. The van der Waals surface area contributed by atoms with Gasteiger partial charge in [0.25, 0.3) is 0 Å². The van der Waals surface area contributed by atoms with Crippen LogP contribution in [0.25, 0.3) is 10.6 Å². The Labute approximate surface area is 203 Å². The van der Waals surface area contributed by atoms with E-state index in [0.29, 0.717) is 52.6 Å². The van der Waals surface area contributed by atoms with E-state index in [1.807, 2.05) is 0 Å². The Hall–Kier alpha value is -3.12. The first kappa shape index (κ1) is 25.0. The van der Waals surface area contributed by atoms with Crippen molar-refractivity contribution in [2.75, 3.05) is 5.32 Å². The van der Waals surface area contributed by atoms with Gasteiger partial charge in [-0.05, 0) is 63.6 Å². The summed E-state index contributed by atoms with van der Waals surface area (Å²) in [7, 11) is 0. The second-order valence-electron chi connectivity index (χ2n) is 8.83. The number of aliphatic hydroxyl groups is 1. The maximum atomic E-state index is 13.0. The number of aromatic nitrogens is 4. The lowest BCUT2D eigenvalue weighted by molar-refractivity contribution is -0.144. The number of carbonyl (C=O) groups is 1. The Morgan fingerprint density at radius 2 is 1.86 bits per heavy atom. The van der Waals surface area contributed by atoms with E-state index in [1.54, 1.807) is 32.2 Å². The molecule has 1 fully saturated rings. The van der Waals surface area contributed by atoms with E-state index < -0.39 is 23.4 Å². The predicted octanol–water partition coefficient (Wildman–Crippen LogP) is 5.16. The van der Waals surface area contributed by atoms with Crippen LogP contribution in [0.2, 0.25) is 0 Å². The SMILES string of the molecule is Cc1cc(Nc2nccc(C(F)(F)F)n2)cc(-c2cnc([C@](C)(O)[C@H]3CC[C@H](C(=O)O)CC3)s2)n1. The molecule has 35 heavy (non-hydrogen) atoms. The maximum Gasteiger partial charge on any atom is 0.433 e. The van der Waals surface area contributed by atoms with Crippen molar-refractivity contribution in [3.05, 3.63) is 47.0 Å². The average molecular weight is 508 g/mol. The zero-order valence-electron chi connectivity index (χ0n) is 19.0. The van der Waals surface area contributed by atoms with Crippen LogP contribution in [0.1, 0.15) is 49.0 Å². The number of anilines is 2. The molecule has 1 atom stereocenters. The molecule has 0 saturated heterocycles. The van der Waals surface area contributed by atoms with E-state index in [4.69, 9.17) is 0 Å². The molecule has 1 aliphatic carbocycles. The van der Waals surface area contributed by atoms with Crippen molar-refractivity contribution >= 4 is 28.9 Å². The van der Waals surface area contributed by atoms with Crippen molar-refractivity contribution in [2.24, 2.45) is 11.8 Å². The van der Waals surface area contributed by atoms with Gasteiger partial charge in [0.05, 0.1) is 16.5 Å². The van der Waals surface area contributed by atoms with Crippen molar-refractivity contribution in [3.63, 3.8) is 0 Å². The number of nitrogens with zero attached hydrogens (tertiary/aromatic N) is 4. The van der Waals surface area contributed by atoms with Crippen molar-refractivity contribution in [1.29, 1.82) is 0 Å². The normalized spacial score (nSPS) is 20.3. The largest absolute Gasteiger partial charge is 0.481 e. The number of aryl methyl sites for hydroxylation is 1. The second-order valence-corrected chi connectivity index (χ2v) is 9.87. The summed E-state index contributed by atoms with van der Waals surface area (Å²) in [5, 5.41) is 23.8.